The van der Waals surface area contributed by atoms with E-state index in [1.165, 1.54) is 0 Å². The molecule has 3 aromatic carbocycles. The van der Waals surface area contributed by atoms with Crippen LogP contribution in [0.15, 0.2) is 73.4 Å². The summed E-state index contributed by atoms with van der Waals surface area (Å²) in [6, 6.07) is 11.0. The summed E-state index contributed by atoms with van der Waals surface area (Å²) in [4.78, 5) is 8.82. The Balaban J connectivity index is 1.91. The Kier molecular flexibility index (Phi) is 8.64. The van der Waals surface area contributed by atoms with Gasteiger partial charge in [-0.2, -0.15) is 30.5 Å². The molecule has 44 heavy (non-hydrogen) atoms. The number of carbonyl (C=O) groups excluding carboxylic acids is 1. The largest absolute Gasteiger partial charge is 0.389 e. The predicted molar refractivity (Wildman–Crippen MR) is 160 cm³/mol. The van der Waals surface area contributed by atoms with Gasteiger partial charge in [0.2, 0.25) is 5.91 Å². The molecular weight excluding hydrogens is 659 g/mol. The van der Waals surface area contributed by atoms with Crippen LogP contribution in [0.5, 0.6) is 0 Å². The van der Waals surface area contributed by atoms with Crippen molar-refractivity contribution in [2.45, 2.75) is 28.5 Å². The molecule has 0 aliphatic rings. The number of thiophene rings is 1. The summed E-state index contributed by atoms with van der Waals surface area (Å²) in [6.07, 6.45) is 0. The first kappa shape index (κ1) is 32.6. The van der Waals surface area contributed by atoms with E-state index in [-0.39, 0.29) is 38.6 Å². The van der Waals surface area contributed by atoms with Crippen LogP contribution in [0.2, 0.25) is 0 Å². The summed E-state index contributed by atoms with van der Waals surface area (Å²) in [6.45, 7) is 3.45. The fourth-order valence-corrected chi connectivity index (χ4v) is 6.89. The minimum absolute atomic E-state index is 0.0476. The van der Waals surface area contributed by atoms with E-state index in [0.29, 0.717) is 23.4 Å². The predicted octanol–water partition coefficient (Wildman–Crippen LogP) is 4.77. The normalized spacial score (nSPS) is 12.6. The number of nitrogens with zero attached hydrogens (tertiary/aromatic N) is 3. The maximum atomic E-state index is 12.2. The Morgan fingerprint density at radius 3 is 1.98 bits per heavy atom. The van der Waals surface area contributed by atoms with Gasteiger partial charge in [-0.05, 0) is 42.0 Å². The lowest BCUT2D eigenvalue weighted by Crippen LogP contribution is -2.17. The van der Waals surface area contributed by atoms with E-state index >= 15 is 0 Å². The number of nitrogens with one attached hydrogen (secondary N) is 1. The summed E-state index contributed by atoms with van der Waals surface area (Å²) in [5.41, 5.74) is 6.87. The van der Waals surface area contributed by atoms with Crippen molar-refractivity contribution in [3.8, 4) is 17.2 Å². The molecule has 1 heterocycles. The monoisotopic (exact) mass is 679 g/mol. The highest BCUT2D eigenvalue weighted by Gasteiger charge is 2.26. The number of hydrogen-bond donors (Lipinski definition) is 5. The third kappa shape index (κ3) is 6.76. The van der Waals surface area contributed by atoms with Gasteiger partial charge in [-0.25, -0.2) is 0 Å². The van der Waals surface area contributed by atoms with Crippen LogP contribution in [-0.4, -0.2) is 44.8 Å². The standard InChI is InChI=1S/C25H21N5O10S4/c1-12(2)24(31)28-14-5-3-13(4-6-14)22-19(11-26)23(27)41-25(22)30-29-15-7-17-18(20(8-15)43(35,36)37)9-16(42(32,33)34)10-21(17)44(38,39)40/h3-10,12H,27H2,1-2H3,(H,28,31)(H,32,33,34)(H,35,36,37)(H,38,39,40)/b30-29+. The van der Waals surface area contributed by atoms with Crippen LogP contribution in [0, 0.1) is 17.2 Å². The molecule has 0 aliphatic carbocycles. The maximum Gasteiger partial charge on any atom is 0.295 e. The zero-order chi connectivity index (χ0) is 32.8. The van der Waals surface area contributed by atoms with Crippen molar-refractivity contribution in [1.82, 2.24) is 0 Å². The second kappa shape index (κ2) is 11.7. The Labute approximate surface area is 254 Å². The molecule has 0 fully saturated rings. The van der Waals surface area contributed by atoms with Crippen molar-refractivity contribution in [1.29, 1.82) is 5.26 Å². The number of anilines is 2. The van der Waals surface area contributed by atoms with Crippen molar-refractivity contribution in [2.75, 3.05) is 11.1 Å². The number of azo groups is 1. The van der Waals surface area contributed by atoms with Crippen LogP contribution < -0.4 is 11.1 Å². The molecule has 0 bridgehead atoms. The molecule has 0 atom stereocenters. The number of amides is 1. The lowest BCUT2D eigenvalue weighted by atomic mass is 10.0. The van der Waals surface area contributed by atoms with Crippen molar-refractivity contribution >= 4 is 79.7 Å². The first-order valence-electron chi connectivity index (χ1n) is 12.0. The number of nitrogens with two attached hydrogens (primary N) is 1. The molecule has 0 spiro atoms. The smallest absolute Gasteiger partial charge is 0.295 e. The van der Waals surface area contributed by atoms with Crippen LogP contribution in [0.3, 0.4) is 0 Å². The van der Waals surface area contributed by atoms with Crippen LogP contribution in [0.25, 0.3) is 21.9 Å². The number of carbonyl (C=O) groups is 1. The molecule has 6 N–H and O–H groups in total. The fraction of sp³-hybridized carbons (Fsp3) is 0.120. The van der Waals surface area contributed by atoms with E-state index in [4.69, 9.17) is 5.73 Å². The molecule has 4 rings (SSSR count). The van der Waals surface area contributed by atoms with Gasteiger partial charge < -0.3 is 11.1 Å². The van der Waals surface area contributed by atoms with Crippen molar-refractivity contribution in [3.05, 3.63) is 54.1 Å². The van der Waals surface area contributed by atoms with Gasteiger partial charge in [-0.1, -0.05) is 37.3 Å². The van der Waals surface area contributed by atoms with E-state index in [0.717, 1.165) is 23.5 Å². The molecule has 1 amide bonds. The first-order valence-corrected chi connectivity index (χ1v) is 17.1. The lowest BCUT2D eigenvalue weighted by molar-refractivity contribution is -0.118. The highest BCUT2D eigenvalue weighted by molar-refractivity contribution is 7.87. The Morgan fingerprint density at radius 1 is 0.886 bits per heavy atom. The quantitative estimate of drug-likeness (QED) is 0.124. The van der Waals surface area contributed by atoms with Crippen molar-refractivity contribution < 1.29 is 43.7 Å². The number of nitrogen functional groups attached to an aromatic ring is 1. The zero-order valence-corrected chi connectivity index (χ0v) is 25.7. The molecular formula is C25H21N5O10S4. The van der Waals surface area contributed by atoms with Gasteiger partial charge in [0.15, 0.2) is 0 Å². The molecule has 0 unspecified atom stereocenters. The van der Waals surface area contributed by atoms with Gasteiger partial charge in [0.05, 0.1) is 16.1 Å². The summed E-state index contributed by atoms with van der Waals surface area (Å²) >= 11 is 0.851. The van der Waals surface area contributed by atoms with Crippen molar-refractivity contribution in [3.63, 3.8) is 0 Å². The Bertz CT molecular complexity index is 2240. The van der Waals surface area contributed by atoms with Crippen LogP contribution in [0.1, 0.15) is 19.4 Å². The summed E-state index contributed by atoms with van der Waals surface area (Å²) in [5.74, 6) is -0.478. The maximum absolute atomic E-state index is 12.2. The van der Waals surface area contributed by atoms with Gasteiger partial charge in [0.25, 0.3) is 30.4 Å². The van der Waals surface area contributed by atoms with Gasteiger partial charge >= 0.3 is 0 Å². The third-order valence-corrected chi connectivity index (χ3v) is 9.58. The van der Waals surface area contributed by atoms with Gasteiger partial charge in [0.1, 0.15) is 25.9 Å². The molecule has 1 aromatic heterocycles. The minimum atomic E-state index is -5.22. The van der Waals surface area contributed by atoms with Crippen LogP contribution >= 0.6 is 11.3 Å². The first-order chi connectivity index (χ1) is 20.3. The van der Waals surface area contributed by atoms with E-state index in [1.807, 2.05) is 6.07 Å². The molecule has 0 saturated carbocycles. The fourth-order valence-electron chi connectivity index (χ4n) is 3.98. The Hall–Kier alpha value is -4.29. The summed E-state index contributed by atoms with van der Waals surface area (Å²) < 4.78 is 101. The molecule has 0 aliphatic heterocycles. The molecule has 19 heteroatoms. The van der Waals surface area contributed by atoms with E-state index in [2.05, 4.69) is 15.5 Å². The van der Waals surface area contributed by atoms with E-state index < -0.39 is 55.8 Å². The lowest BCUT2D eigenvalue weighted by Gasteiger charge is -2.11. The second-order valence-corrected chi connectivity index (χ2v) is 14.7. The second-order valence-electron chi connectivity index (χ2n) is 9.44. The number of benzene rings is 3. The average molecular weight is 680 g/mol. The average Bonchev–Trinajstić information content (AvgIpc) is 3.24. The van der Waals surface area contributed by atoms with Gasteiger partial charge in [-0.3, -0.25) is 18.5 Å². The molecule has 0 saturated heterocycles. The highest BCUT2D eigenvalue weighted by atomic mass is 32.2. The van der Waals surface area contributed by atoms with Crippen LogP contribution in [0.4, 0.5) is 21.4 Å². The molecule has 0 radical (unpaired) electrons. The summed E-state index contributed by atoms with van der Waals surface area (Å²) in [5, 5.41) is 19.4. The van der Waals surface area contributed by atoms with E-state index in [1.54, 1.807) is 38.1 Å². The SMILES string of the molecule is CC(C)C(=O)Nc1ccc(-c2c(/N=N/c3cc(S(=O)(=O)O)c4cc(S(=O)(=O)O)cc(S(=O)(=O)O)c4c3)sc(N)c2C#N)cc1. The van der Waals surface area contributed by atoms with Crippen molar-refractivity contribution in [2.24, 2.45) is 16.1 Å². The number of hydrogen-bond acceptors (Lipinski definition) is 12. The number of fused-ring (bicyclic) bond motifs is 1. The number of rotatable bonds is 8. The zero-order valence-electron chi connectivity index (χ0n) is 22.4. The van der Waals surface area contributed by atoms with Gasteiger partial charge in [0, 0.05) is 27.9 Å². The Morgan fingerprint density at radius 2 is 1.45 bits per heavy atom. The molecule has 230 valence electrons. The minimum Gasteiger partial charge on any atom is -0.389 e. The summed E-state index contributed by atoms with van der Waals surface area (Å²) in [7, 11) is -15.5. The van der Waals surface area contributed by atoms with Crippen LogP contribution in [-0.2, 0) is 35.1 Å². The highest BCUT2D eigenvalue weighted by Crippen LogP contribution is 2.45. The van der Waals surface area contributed by atoms with E-state index in [9.17, 15) is 49.0 Å². The molecule has 15 nitrogen and oxygen atoms in total. The van der Waals surface area contributed by atoms with Gasteiger partial charge in [-0.15, -0.1) is 10.2 Å². The third-order valence-electron chi connectivity index (χ3n) is 6.06. The topological polar surface area (TPSA) is 267 Å². The molecule has 4 aromatic rings. The number of nitriles is 1.